The molecule has 2 aromatic carbocycles. The third-order valence-electron chi connectivity index (χ3n) is 8.10. The van der Waals surface area contributed by atoms with Crippen LogP contribution >= 0.6 is 0 Å². The fraction of sp³-hybridized carbons (Fsp3) is 0.613. The molecule has 0 amide bonds. The van der Waals surface area contributed by atoms with Crippen LogP contribution in [-0.4, -0.2) is 0 Å². The molecule has 0 N–H and O–H groups in total. The summed E-state index contributed by atoms with van der Waals surface area (Å²) in [4.78, 5) is 0. The molecule has 0 fully saturated rings. The van der Waals surface area contributed by atoms with E-state index in [9.17, 15) is 0 Å². The van der Waals surface area contributed by atoms with Gasteiger partial charge >= 0.3 is 0 Å². The van der Waals surface area contributed by atoms with E-state index < -0.39 is 0 Å². The van der Waals surface area contributed by atoms with Gasteiger partial charge in [-0.05, 0) is 52.5 Å². The van der Waals surface area contributed by atoms with Crippen molar-refractivity contribution in [3.63, 3.8) is 0 Å². The van der Waals surface area contributed by atoms with Crippen LogP contribution in [0.15, 0.2) is 42.5 Å². The number of benzene rings is 2. The van der Waals surface area contributed by atoms with Crippen LogP contribution < -0.4 is 0 Å². The second kappa shape index (κ2) is 10.8. The molecule has 0 bridgehead atoms. The Balaban J connectivity index is 2.00. The molecule has 1 atom stereocenters. The van der Waals surface area contributed by atoms with Crippen molar-refractivity contribution in [2.45, 2.75) is 122 Å². The van der Waals surface area contributed by atoms with E-state index in [4.69, 9.17) is 0 Å². The van der Waals surface area contributed by atoms with Gasteiger partial charge in [0.15, 0.2) is 0 Å². The van der Waals surface area contributed by atoms with Gasteiger partial charge in [-0.15, -0.1) is 0 Å². The molecular weight excluding hydrogens is 372 g/mol. The van der Waals surface area contributed by atoms with Crippen molar-refractivity contribution < 1.29 is 0 Å². The Bertz CT molecular complexity index is 828. The zero-order valence-electron chi connectivity index (χ0n) is 21.0. The Morgan fingerprint density at radius 1 is 0.645 bits per heavy atom. The second-order valence-corrected chi connectivity index (χ2v) is 10.6. The number of hydrogen-bond acceptors (Lipinski definition) is 0. The van der Waals surface area contributed by atoms with Gasteiger partial charge in [0.05, 0.1) is 0 Å². The zero-order chi connectivity index (χ0) is 22.3. The van der Waals surface area contributed by atoms with E-state index in [0.29, 0.717) is 0 Å². The summed E-state index contributed by atoms with van der Waals surface area (Å²) in [6.45, 7) is 11.8. The summed E-state index contributed by atoms with van der Waals surface area (Å²) in [6.07, 6.45) is 16.0. The van der Waals surface area contributed by atoms with Gasteiger partial charge in [0.1, 0.15) is 0 Å². The maximum Gasteiger partial charge on any atom is 0.0215 e. The highest BCUT2D eigenvalue weighted by molar-refractivity contribution is 5.81. The number of fused-ring (bicyclic) bond motifs is 3. The first kappa shape index (κ1) is 24.1. The van der Waals surface area contributed by atoms with E-state index in [1.54, 1.807) is 11.1 Å². The molecular formula is C31H46. The van der Waals surface area contributed by atoms with Crippen LogP contribution in [0.1, 0.15) is 128 Å². The summed E-state index contributed by atoms with van der Waals surface area (Å²) in [5.74, 6) is 0. The molecule has 0 nitrogen and oxygen atoms in total. The minimum absolute atomic E-state index is 0.214. The highest BCUT2D eigenvalue weighted by Gasteiger charge is 2.42. The molecule has 0 heterocycles. The Morgan fingerprint density at radius 2 is 1.23 bits per heavy atom. The molecule has 0 aliphatic heterocycles. The van der Waals surface area contributed by atoms with Crippen LogP contribution in [0, 0.1) is 0 Å². The molecule has 0 spiro atoms. The van der Waals surface area contributed by atoms with Gasteiger partial charge in [0.25, 0.3) is 0 Å². The van der Waals surface area contributed by atoms with Crippen LogP contribution in [0.4, 0.5) is 0 Å². The fourth-order valence-corrected chi connectivity index (χ4v) is 5.63. The van der Waals surface area contributed by atoms with Crippen molar-refractivity contribution in [3.05, 3.63) is 59.2 Å². The molecule has 1 unspecified atom stereocenters. The normalized spacial score (nSPS) is 17.6. The molecule has 0 saturated carbocycles. The smallest absolute Gasteiger partial charge is 0.0215 e. The lowest BCUT2D eigenvalue weighted by Gasteiger charge is -2.34. The van der Waals surface area contributed by atoms with Crippen LogP contribution in [0.5, 0.6) is 0 Å². The standard InChI is InChI=1S/C31H46/c1-6-9-11-12-13-17-23-31(22-16-10-7-2)28-19-15-14-18-26(28)27-21-20-25(24-29(27)31)30(4,5)8-3/h14-15,18-21,24H,6-13,16-17,22-23H2,1-5H3. The van der Waals surface area contributed by atoms with Crippen molar-refractivity contribution in [2.24, 2.45) is 0 Å². The highest BCUT2D eigenvalue weighted by atomic mass is 14.5. The van der Waals surface area contributed by atoms with Crippen LogP contribution in [-0.2, 0) is 10.8 Å². The quantitative estimate of drug-likeness (QED) is 0.284. The Hall–Kier alpha value is -1.56. The van der Waals surface area contributed by atoms with Crippen molar-refractivity contribution in [3.8, 4) is 11.1 Å². The van der Waals surface area contributed by atoms with E-state index in [1.807, 2.05) is 0 Å². The lowest BCUT2D eigenvalue weighted by Crippen LogP contribution is -2.26. The summed E-state index contributed by atoms with van der Waals surface area (Å²) in [7, 11) is 0. The van der Waals surface area contributed by atoms with Gasteiger partial charge < -0.3 is 0 Å². The monoisotopic (exact) mass is 418 g/mol. The number of rotatable bonds is 13. The Kier molecular flexibility index (Phi) is 8.43. The van der Waals surface area contributed by atoms with Crippen LogP contribution in [0.2, 0.25) is 0 Å². The first-order chi connectivity index (χ1) is 15.0. The second-order valence-electron chi connectivity index (χ2n) is 10.6. The predicted octanol–water partition coefficient (Wildman–Crippen LogP) is 9.97. The Morgan fingerprint density at radius 3 is 1.94 bits per heavy atom. The van der Waals surface area contributed by atoms with Gasteiger partial charge in [-0.25, -0.2) is 0 Å². The van der Waals surface area contributed by atoms with E-state index in [-0.39, 0.29) is 10.8 Å². The number of hydrogen-bond donors (Lipinski definition) is 0. The molecule has 0 radical (unpaired) electrons. The lowest BCUT2D eigenvalue weighted by molar-refractivity contribution is 0.400. The van der Waals surface area contributed by atoms with Crippen LogP contribution in [0.3, 0.4) is 0 Å². The third kappa shape index (κ3) is 5.10. The van der Waals surface area contributed by atoms with E-state index >= 15 is 0 Å². The molecule has 2 aromatic rings. The van der Waals surface area contributed by atoms with Crippen LogP contribution in [0.25, 0.3) is 11.1 Å². The van der Waals surface area contributed by atoms with Crippen molar-refractivity contribution in [1.82, 2.24) is 0 Å². The lowest BCUT2D eigenvalue weighted by atomic mass is 9.69. The minimum Gasteiger partial charge on any atom is -0.0654 e. The van der Waals surface area contributed by atoms with Gasteiger partial charge in [-0.2, -0.15) is 0 Å². The van der Waals surface area contributed by atoms with Gasteiger partial charge in [-0.1, -0.05) is 135 Å². The average Bonchev–Trinajstić information content (AvgIpc) is 3.06. The maximum absolute atomic E-state index is 2.61. The van der Waals surface area contributed by atoms with Gasteiger partial charge in [0.2, 0.25) is 0 Å². The maximum atomic E-state index is 2.61. The molecule has 170 valence electrons. The van der Waals surface area contributed by atoms with Crippen molar-refractivity contribution in [2.75, 3.05) is 0 Å². The van der Waals surface area contributed by atoms with Gasteiger partial charge in [-0.3, -0.25) is 0 Å². The predicted molar refractivity (Wildman–Crippen MR) is 138 cm³/mol. The molecule has 0 saturated heterocycles. The van der Waals surface area contributed by atoms with Crippen molar-refractivity contribution >= 4 is 0 Å². The molecule has 31 heavy (non-hydrogen) atoms. The minimum atomic E-state index is 0.214. The topological polar surface area (TPSA) is 0 Å². The number of unbranched alkanes of at least 4 members (excludes halogenated alkanes) is 7. The van der Waals surface area contributed by atoms with E-state index in [2.05, 4.69) is 77.1 Å². The first-order valence-corrected chi connectivity index (χ1v) is 13.2. The average molecular weight is 419 g/mol. The zero-order valence-corrected chi connectivity index (χ0v) is 21.0. The summed E-state index contributed by atoms with van der Waals surface area (Å²) in [5, 5.41) is 0. The summed E-state index contributed by atoms with van der Waals surface area (Å²) >= 11 is 0. The molecule has 0 heteroatoms. The summed E-state index contributed by atoms with van der Waals surface area (Å²) < 4.78 is 0. The Labute approximate surface area is 192 Å². The summed E-state index contributed by atoms with van der Waals surface area (Å²) in [5.41, 5.74) is 8.22. The first-order valence-electron chi connectivity index (χ1n) is 13.2. The van der Waals surface area contributed by atoms with E-state index in [0.717, 1.165) is 0 Å². The van der Waals surface area contributed by atoms with E-state index in [1.165, 1.54) is 93.7 Å². The molecule has 0 aromatic heterocycles. The SMILES string of the molecule is CCCCCCCCC1(CCCCC)c2ccccc2-c2ccc(C(C)(C)CC)cc21. The molecule has 3 rings (SSSR count). The largest absolute Gasteiger partial charge is 0.0654 e. The van der Waals surface area contributed by atoms with Crippen molar-refractivity contribution in [1.29, 1.82) is 0 Å². The van der Waals surface area contributed by atoms with Gasteiger partial charge in [0, 0.05) is 5.41 Å². The summed E-state index contributed by atoms with van der Waals surface area (Å²) in [6, 6.07) is 16.8. The third-order valence-corrected chi connectivity index (χ3v) is 8.10. The molecule has 1 aliphatic rings. The molecule has 1 aliphatic carbocycles. The highest BCUT2D eigenvalue weighted by Crippen LogP contribution is 2.54. The fourth-order valence-electron chi connectivity index (χ4n) is 5.63.